The van der Waals surface area contributed by atoms with E-state index >= 15 is 0 Å². The van der Waals surface area contributed by atoms with Gasteiger partial charge in [-0.3, -0.25) is 10.1 Å². The molecule has 2 aromatic rings. The Kier molecular flexibility index (Phi) is 2.25. The molecule has 76 valence electrons. The van der Waals surface area contributed by atoms with Crippen molar-refractivity contribution < 1.29 is 4.92 Å². The number of allylic oxidation sites excluding steroid dienone is 1. The van der Waals surface area contributed by atoms with E-state index in [2.05, 4.69) is 4.98 Å². The largest absolute Gasteiger partial charge is 0.361 e. The van der Waals surface area contributed by atoms with Gasteiger partial charge in [-0.25, -0.2) is 0 Å². The predicted octanol–water partition coefficient (Wildman–Crippen LogP) is 2.81. The van der Waals surface area contributed by atoms with Gasteiger partial charge >= 0.3 is 0 Å². The van der Waals surface area contributed by atoms with Crippen LogP contribution in [-0.2, 0) is 0 Å². The summed E-state index contributed by atoms with van der Waals surface area (Å²) in [5.41, 5.74) is 1.96. The van der Waals surface area contributed by atoms with Gasteiger partial charge in [-0.1, -0.05) is 12.1 Å². The van der Waals surface area contributed by atoms with E-state index in [-0.39, 0.29) is 10.6 Å². The second kappa shape index (κ2) is 3.57. The van der Waals surface area contributed by atoms with Gasteiger partial charge in [0.25, 0.3) is 0 Å². The topological polar surface area (TPSA) is 58.9 Å². The minimum absolute atomic E-state index is 0.140. The third-order valence-corrected chi connectivity index (χ3v) is 2.24. The van der Waals surface area contributed by atoms with Crippen molar-refractivity contribution >= 4 is 17.0 Å². The highest BCUT2D eigenvalue weighted by molar-refractivity contribution is 5.81. The van der Waals surface area contributed by atoms with Gasteiger partial charge in [-0.15, -0.1) is 0 Å². The molecule has 0 unspecified atom stereocenters. The number of rotatable bonds is 2. The Labute approximate surface area is 86.4 Å². The highest BCUT2D eigenvalue weighted by Crippen LogP contribution is 2.16. The second-order valence-corrected chi connectivity index (χ2v) is 3.37. The van der Waals surface area contributed by atoms with Gasteiger partial charge in [-0.05, 0) is 23.1 Å². The zero-order valence-electron chi connectivity index (χ0n) is 8.23. The Morgan fingerprint density at radius 2 is 2.27 bits per heavy atom. The Hall–Kier alpha value is -2.10. The van der Waals surface area contributed by atoms with Crippen LogP contribution in [0.1, 0.15) is 12.5 Å². The molecule has 4 heteroatoms. The maximum Gasteiger partial charge on any atom is 0.243 e. The minimum Gasteiger partial charge on any atom is -0.361 e. The number of hydrogen-bond acceptors (Lipinski definition) is 2. The van der Waals surface area contributed by atoms with Crippen molar-refractivity contribution in [2.75, 3.05) is 0 Å². The van der Waals surface area contributed by atoms with Crippen LogP contribution in [0.25, 0.3) is 17.0 Å². The summed E-state index contributed by atoms with van der Waals surface area (Å²) in [6.45, 7) is 1.49. The molecule has 0 fully saturated rings. The maximum atomic E-state index is 10.4. The van der Waals surface area contributed by atoms with E-state index < -0.39 is 0 Å². The van der Waals surface area contributed by atoms with Crippen molar-refractivity contribution in [3.63, 3.8) is 0 Å². The van der Waals surface area contributed by atoms with Crippen LogP contribution in [0.5, 0.6) is 0 Å². The van der Waals surface area contributed by atoms with Crippen molar-refractivity contribution in [2.45, 2.75) is 6.92 Å². The quantitative estimate of drug-likeness (QED) is 0.601. The van der Waals surface area contributed by atoms with E-state index in [0.717, 1.165) is 16.5 Å². The predicted molar refractivity (Wildman–Crippen MR) is 58.9 cm³/mol. The number of aromatic amines is 1. The van der Waals surface area contributed by atoms with E-state index in [1.165, 1.54) is 6.92 Å². The van der Waals surface area contributed by atoms with Gasteiger partial charge in [0, 0.05) is 24.7 Å². The molecule has 0 aliphatic rings. The standard InChI is InChI=1S/C11H10N2O2/c1-8(13(14)15)6-9-2-3-10-4-5-12-11(10)7-9/h2-7,12H,1H3/b8-6+. The van der Waals surface area contributed by atoms with Crippen LogP contribution in [-0.4, -0.2) is 9.91 Å². The van der Waals surface area contributed by atoms with E-state index in [0.29, 0.717) is 0 Å². The van der Waals surface area contributed by atoms with Crippen LogP contribution in [0.3, 0.4) is 0 Å². The van der Waals surface area contributed by atoms with Gasteiger partial charge in [0.05, 0.1) is 4.92 Å². The lowest BCUT2D eigenvalue weighted by molar-refractivity contribution is -0.422. The Morgan fingerprint density at radius 1 is 1.47 bits per heavy atom. The molecule has 15 heavy (non-hydrogen) atoms. The first-order chi connectivity index (χ1) is 7.16. The fourth-order valence-corrected chi connectivity index (χ4v) is 1.45. The van der Waals surface area contributed by atoms with Crippen molar-refractivity contribution in [1.29, 1.82) is 0 Å². The molecular formula is C11H10N2O2. The minimum atomic E-state index is -0.390. The molecule has 0 spiro atoms. The first-order valence-corrected chi connectivity index (χ1v) is 4.56. The summed E-state index contributed by atoms with van der Waals surface area (Å²) in [7, 11) is 0. The van der Waals surface area contributed by atoms with Crippen molar-refractivity contribution in [1.82, 2.24) is 4.98 Å². The van der Waals surface area contributed by atoms with Crippen molar-refractivity contribution in [2.24, 2.45) is 0 Å². The molecule has 1 N–H and O–H groups in total. The first-order valence-electron chi connectivity index (χ1n) is 4.56. The molecule has 1 aromatic heterocycles. The summed E-state index contributed by atoms with van der Waals surface area (Å²) in [5.74, 6) is 0. The summed E-state index contributed by atoms with van der Waals surface area (Å²) < 4.78 is 0. The zero-order chi connectivity index (χ0) is 10.8. The number of hydrogen-bond donors (Lipinski definition) is 1. The maximum absolute atomic E-state index is 10.4. The molecule has 0 amide bonds. The third-order valence-electron chi connectivity index (χ3n) is 2.24. The van der Waals surface area contributed by atoms with Crippen LogP contribution in [0.15, 0.2) is 36.2 Å². The van der Waals surface area contributed by atoms with Crippen LogP contribution >= 0.6 is 0 Å². The molecular weight excluding hydrogens is 192 g/mol. The van der Waals surface area contributed by atoms with E-state index in [1.807, 2.05) is 30.5 Å². The number of nitrogens with one attached hydrogen (secondary N) is 1. The summed E-state index contributed by atoms with van der Waals surface area (Å²) in [4.78, 5) is 13.1. The van der Waals surface area contributed by atoms with Gasteiger partial charge in [0.1, 0.15) is 0 Å². The highest BCUT2D eigenvalue weighted by atomic mass is 16.6. The fourth-order valence-electron chi connectivity index (χ4n) is 1.45. The van der Waals surface area contributed by atoms with Crippen LogP contribution in [0.4, 0.5) is 0 Å². The lowest BCUT2D eigenvalue weighted by Crippen LogP contribution is -1.92. The molecule has 0 aliphatic carbocycles. The Morgan fingerprint density at radius 3 is 3.00 bits per heavy atom. The SMILES string of the molecule is C/C(=C\c1ccc2cc[nH]c2c1)[N+](=O)[O-]. The lowest BCUT2D eigenvalue weighted by atomic mass is 10.1. The van der Waals surface area contributed by atoms with Crippen LogP contribution < -0.4 is 0 Å². The number of nitro groups is 1. The van der Waals surface area contributed by atoms with Gasteiger partial charge < -0.3 is 4.98 Å². The van der Waals surface area contributed by atoms with Gasteiger partial charge in [0.15, 0.2) is 0 Å². The summed E-state index contributed by atoms with van der Waals surface area (Å²) in [6.07, 6.45) is 3.40. The molecule has 0 radical (unpaired) electrons. The molecule has 0 aliphatic heterocycles. The molecule has 4 nitrogen and oxygen atoms in total. The molecule has 0 saturated carbocycles. The first kappa shape index (κ1) is 9.45. The normalized spacial score (nSPS) is 11.9. The summed E-state index contributed by atoms with van der Waals surface area (Å²) >= 11 is 0. The molecule has 0 saturated heterocycles. The Balaban J connectivity index is 2.44. The molecule has 2 rings (SSSR count). The highest BCUT2D eigenvalue weighted by Gasteiger charge is 2.02. The van der Waals surface area contributed by atoms with Gasteiger partial charge in [0.2, 0.25) is 5.70 Å². The number of nitrogens with zero attached hydrogens (tertiary/aromatic N) is 1. The number of benzene rings is 1. The second-order valence-electron chi connectivity index (χ2n) is 3.37. The molecule has 1 aromatic carbocycles. The third kappa shape index (κ3) is 1.88. The van der Waals surface area contributed by atoms with E-state index in [9.17, 15) is 10.1 Å². The van der Waals surface area contributed by atoms with Gasteiger partial charge in [-0.2, -0.15) is 0 Å². The fraction of sp³-hybridized carbons (Fsp3) is 0.0909. The zero-order valence-corrected chi connectivity index (χ0v) is 8.23. The molecule has 1 heterocycles. The van der Waals surface area contributed by atoms with E-state index in [4.69, 9.17) is 0 Å². The summed E-state index contributed by atoms with van der Waals surface area (Å²) in [6, 6.07) is 7.65. The van der Waals surface area contributed by atoms with Crippen molar-refractivity contribution in [3.8, 4) is 0 Å². The average molecular weight is 202 g/mol. The Bertz CT molecular complexity index is 540. The number of H-pyrrole nitrogens is 1. The van der Waals surface area contributed by atoms with Crippen LogP contribution in [0.2, 0.25) is 0 Å². The van der Waals surface area contributed by atoms with Crippen molar-refractivity contribution in [3.05, 3.63) is 51.8 Å². The van der Waals surface area contributed by atoms with E-state index in [1.54, 1.807) is 6.08 Å². The number of fused-ring (bicyclic) bond motifs is 1. The monoisotopic (exact) mass is 202 g/mol. The van der Waals surface area contributed by atoms with Crippen LogP contribution in [0, 0.1) is 10.1 Å². The lowest BCUT2D eigenvalue weighted by Gasteiger charge is -1.94. The smallest absolute Gasteiger partial charge is 0.243 e. The number of aromatic nitrogens is 1. The molecule has 0 atom stereocenters. The molecule has 0 bridgehead atoms. The summed E-state index contributed by atoms with van der Waals surface area (Å²) in [5, 5.41) is 11.5. The average Bonchev–Trinajstić information content (AvgIpc) is 2.64.